The molecule has 0 aromatic rings. The Balaban J connectivity index is 1.57. The van der Waals surface area contributed by atoms with Crippen LogP contribution >= 0.6 is 0 Å². The topological polar surface area (TPSA) is 94.8 Å². The molecule has 0 amide bonds. The van der Waals surface area contributed by atoms with E-state index in [0.717, 1.165) is 63.4 Å². The fourth-order valence-corrected chi connectivity index (χ4v) is 11.5. The Labute approximate surface area is 210 Å². The average molecular weight is 487 g/mol. The van der Waals surface area contributed by atoms with E-state index in [9.17, 15) is 24.9 Å². The number of allylic oxidation sites excluding steroid dienone is 1. The van der Waals surface area contributed by atoms with E-state index in [1.165, 1.54) is 0 Å². The molecular formula is C30H46O5. The number of hydrogen-bond donors (Lipinski definition) is 3. The highest BCUT2D eigenvalue weighted by Gasteiger charge is 2.73. The molecule has 5 rings (SSSR count). The molecule has 0 heterocycles. The first-order valence-electron chi connectivity index (χ1n) is 14.0. The molecule has 3 N–H and O–H groups in total. The number of carbonyl (C=O) groups is 2. The van der Waals surface area contributed by atoms with Crippen molar-refractivity contribution >= 4 is 11.9 Å². The van der Waals surface area contributed by atoms with Gasteiger partial charge in [0.05, 0.1) is 16.9 Å². The standard InChI is InChI=1S/C30H46O5/c1-17(2)18-9-14-30(25(34)35)16-15-27(4)19(23(18)30)7-8-20-26(3)12-11-22(31)29(6,24(32)33)21(26)10-13-28(20,27)5/h18-23,31H,1,7-16H2,2-6H3,(H,32,33)(H,34,35)/t18-,19+,20+,21+,22-,23+,26+,27+,28+,29+,30-/m0/s1. The minimum atomic E-state index is -1.10. The molecule has 5 nitrogen and oxygen atoms in total. The van der Waals surface area contributed by atoms with Gasteiger partial charge in [0.15, 0.2) is 0 Å². The lowest BCUT2D eigenvalue weighted by Crippen LogP contribution is -2.68. The molecule has 0 unspecified atom stereocenters. The van der Waals surface area contributed by atoms with Crippen LogP contribution in [0, 0.1) is 56.7 Å². The molecule has 5 aliphatic carbocycles. The molecule has 11 atom stereocenters. The van der Waals surface area contributed by atoms with E-state index in [1.54, 1.807) is 6.92 Å². The molecule has 0 aliphatic heterocycles. The summed E-state index contributed by atoms with van der Waals surface area (Å²) >= 11 is 0. The fourth-order valence-electron chi connectivity index (χ4n) is 11.5. The number of carboxylic acid groups (broad SMARTS) is 2. The Kier molecular flexibility index (Phi) is 5.48. The number of aliphatic hydroxyl groups excluding tert-OH is 1. The van der Waals surface area contributed by atoms with Gasteiger partial charge in [-0.3, -0.25) is 9.59 Å². The van der Waals surface area contributed by atoms with Crippen LogP contribution in [0.5, 0.6) is 0 Å². The van der Waals surface area contributed by atoms with E-state index in [1.807, 2.05) is 0 Å². The average Bonchev–Trinajstić information content (AvgIpc) is 3.18. The number of aliphatic carboxylic acids is 2. The lowest BCUT2D eigenvalue weighted by atomic mass is 9.32. The molecule has 5 aliphatic rings. The van der Waals surface area contributed by atoms with Gasteiger partial charge in [-0.25, -0.2) is 0 Å². The molecule has 5 saturated carbocycles. The first-order chi connectivity index (χ1) is 16.2. The molecule has 196 valence electrons. The van der Waals surface area contributed by atoms with E-state index < -0.39 is 28.9 Å². The van der Waals surface area contributed by atoms with Crippen LogP contribution in [0.15, 0.2) is 12.2 Å². The maximum atomic E-state index is 12.8. The van der Waals surface area contributed by atoms with Gasteiger partial charge in [0.1, 0.15) is 0 Å². The summed E-state index contributed by atoms with van der Waals surface area (Å²) in [6.45, 7) is 15.4. The van der Waals surface area contributed by atoms with Gasteiger partial charge in [0, 0.05) is 0 Å². The predicted octanol–water partition coefficient (Wildman–Crippen LogP) is 6.15. The number of aliphatic hydroxyl groups is 1. The van der Waals surface area contributed by atoms with Crippen LogP contribution in [-0.4, -0.2) is 33.4 Å². The second-order valence-electron chi connectivity index (χ2n) is 14.3. The molecule has 5 heteroatoms. The van der Waals surface area contributed by atoms with Crippen molar-refractivity contribution in [2.75, 3.05) is 0 Å². The largest absolute Gasteiger partial charge is 0.481 e. The van der Waals surface area contributed by atoms with Crippen LogP contribution in [0.4, 0.5) is 0 Å². The fraction of sp³-hybridized carbons (Fsp3) is 0.867. The second kappa shape index (κ2) is 7.58. The molecule has 0 saturated heterocycles. The molecule has 5 fully saturated rings. The zero-order chi connectivity index (χ0) is 25.8. The first-order valence-corrected chi connectivity index (χ1v) is 14.0. The lowest BCUT2D eigenvalue weighted by Gasteiger charge is -2.72. The van der Waals surface area contributed by atoms with Gasteiger partial charge >= 0.3 is 11.9 Å². The Hall–Kier alpha value is -1.36. The zero-order valence-corrected chi connectivity index (χ0v) is 22.4. The maximum Gasteiger partial charge on any atom is 0.312 e. The Bertz CT molecular complexity index is 958. The molecule has 0 radical (unpaired) electrons. The van der Waals surface area contributed by atoms with Gasteiger partial charge in [-0.15, -0.1) is 0 Å². The van der Waals surface area contributed by atoms with Crippen LogP contribution < -0.4 is 0 Å². The van der Waals surface area contributed by atoms with Crippen molar-refractivity contribution in [1.29, 1.82) is 0 Å². The van der Waals surface area contributed by atoms with Crippen molar-refractivity contribution in [3.8, 4) is 0 Å². The molecule has 0 aromatic heterocycles. The summed E-state index contributed by atoms with van der Waals surface area (Å²) in [6.07, 6.45) is 7.86. The van der Waals surface area contributed by atoms with Crippen molar-refractivity contribution in [2.45, 2.75) is 105 Å². The van der Waals surface area contributed by atoms with Gasteiger partial charge in [-0.1, -0.05) is 32.9 Å². The van der Waals surface area contributed by atoms with E-state index in [-0.39, 0.29) is 34.0 Å². The smallest absolute Gasteiger partial charge is 0.312 e. The van der Waals surface area contributed by atoms with Gasteiger partial charge in [-0.2, -0.15) is 0 Å². The number of hydrogen-bond acceptors (Lipinski definition) is 3. The van der Waals surface area contributed by atoms with Crippen molar-refractivity contribution in [3.05, 3.63) is 12.2 Å². The summed E-state index contributed by atoms with van der Waals surface area (Å²) in [5, 5.41) is 31.6. The molecular weight excluding hydrogens is 440 g/mol. The van der Waals surface area contributed by atoms with Crippen LogP contribution in [0.2, 0.25) is 0 Å². The van der Waals surface area contributed by atoms with Crippen molar-refractivity contribution in [3.63, 3.8) is 0 Å². The van der Waals surface area contributed by atoms with Crippen molar-refractivity contribution in [2.24, 2.45) is 56.7 Å². The molecule has 35 heavy (non-hydrogen) atoms. The second-order valence-corrected chi connectivity index (χ2v) is 14.3. The predicted molar refractivity (Wildman–Crippen MR) is 135 cm³/mol. The highest BCUT2D eigenvalue weighted by molar-refractivity contribution is 5.76. The van der Waals surface area contributed by atoms with Gasteiger partial charge < -0.3 is 15.3 Å². The van der Waals surface area contributed by atoms with E-state index in [0.29, 0.717) is 18.3 Å². The third-order valence-corrected chi connectivity index (χ3v) is 13.6. The van der Waals surface area contributed by atoms with E-state index in [4.69, 9.17) is 0 Å². The SMILES string of the molecule is C=C(C)[C@@H]1CC[C@]2(C(=O)O)CC[C@]3(C)[C@H](CC[C@@H]4[C@@]5(C)CC[C@H](O)[C@](C)(C(=O)O)[C@@H]5CC[C@]43C)[C@@H]12. The normalized spacial score (nSPS) is 55.1. The van der Waals surface area contributed by atoms with Gasteiger partial charge in [0.2, 0.25) is 0 Å². The minimum Gasteiger partial charge on any atom is -0.481 e. The minimum absolute atomic E-state index is 0.0290. The van der Waals surface area contributed by atoms with E-state index >= 15 is 0 Å². The lowest BCUT2D eigenvalue weighted by molar-refractivity contribution is -0.251. The Morgan fingerprint density at radius 1 is 0.771 bits per heavy atom. The molecule has 0 bridgehead atoms. The van der Waals surface area contributed by atoms with Crippen LogP contribution in [0.1, 0.15) is 98.8 Å². The summed E-state index contributed by atoms with van der Waals surface area (Å²) < 4.78 is 0. The third kappa shape index (κ3) is 2.85. The summed E-state index contributed by atoms with van der Waals surface area (Å²) in [5.41, 5.74) is -0.638. The maximum absolute atomic E-state index is 12.8. The number of fused-ring (bicyclic) bond motifs is 7. The number of rotatable bonds is 3. The van der Waals surface area contributed by atoms with Crippen molar-refractivity contribution in [1.82, 2.24) is 0 Å². The molecule has 0 aromatic carbocycles. The quantitative estimate of drug-likeness (QED) is 0.416. The summed E-state index contributed by atoms with van der Waals surface area (Å²) in [4.78, 5) is 25.3. The molecule has 0 spiro atoms. The zero-order valence-electron chi connectivity index (χ0n) is 22.4. The van der Waals surface area contributed by atoms with Crippen LogP contribution in [0.3, 0.4) is 0 Å². The Morgan fingerprint density at radius 2 is 1.46 bits per heavy atom. The summed E-state index contributed by atoms with van der Waals surface area (Å²) in [7, 11) is 0. The third-order valence-electron chi connectivity index (χ3n) is 13.6. The van der Waals surface area contributed by atoms with Crippen molar-refractivity contribution < 1.29 is 24.9 Å². The monoisotopic (exact) mass is 486 g/mol. The van der Waals surface area contributed by atoms with Crippen LogP contribution in [0.25, 0.3) is 0 Å². The summed E-state index contributed by atoms with van der Waals surface area (Å²) in [5.74, 6) is -0.315. The highest BCUT2D eigenvalue weighted by Crippen LogP contribution is 2.77. The highest BCUT2D eigenvalue weighted by atomic mass is 16.4. The first kappa shape index (κ1) is 25.3. The van der Waals surface area contributed by atoms with Crippen LogP contribution in [-0.2, 0) is 9.59 Å². The Morgan fingerprint density at radius 3 is 2.06 bits per heavy atom. The number of carboxylic acids is 2. The van der Waals surface area contributed by atoms with Gasteiger partial charge in [0.25, 0.3) is 0 Å². The van der Waals surface area contributed by atoms with E-state index in [2.05, 4.69) is 34.3 Å². The summed E-state index contributed by atoms with van der Waals surface area (Å²) in [6, 6.07) is 0. The van der Waals surface area contributed by atoms with Gasteiger partial charge in [-0.05, 0) is 124 Å².